The summed E-state index contributed by atoms with van der Waals surface area (Å²) in [5.41, 5.74) is 3.75. The van der Waals surface area contributed by atoms with Crippen molar-refractivity contribution in [2.24, 2.45) is 0 Å². The van der Waals surface area contributed by atoms with E-state index in [1.807, 2.05) is 36.6 Å². The van der Waals surface area contributed by atoms with Crippen molar-refractivity contribution in [3.63, 3.8) is 0 Å². The molecule has 0 aliphatic heterocycles. The Morgan fingerprint density at radius 1 is 1.05 bits per heavy atom. The van der Waals surface area contributed by atoms with Gasteiger partial charge in [-0.2, -0.15) is 5.26 Å². The minimum absolute atomic E-state index is 0.250. The van der Waals surface area contributed by atoms with Gasteiger partial charge in [-0.1, -0.05) is 47.2 Å². The van der Waals surface area contributed by atoms with E-state index in [0.717, 1.165) is 16.0 Å². The van der Waals surface area contributed by atoms with E-state index < -0.39 is 0 Å². The maximum absolute atomic E-state index is 13.0. The van der Waals surface area contributed by atoms with Gasteiger partial charge in [-0.05, 0) is 61.7 Å². The number of aromatic nitrogens is 1. The van der Waals surface area contributed by atoms with E-state index in [2.05, 4.69) is 11.4 Å². The Morgan fingerprint density at radius 2 is 1.80 bits per heavy atom. The molecular weight excluding hydrogens is 542 g/mol. The number of thiophene rings is 1. The van der Waals surface area contributed by atoms with Crippen molar-refractivity contribution in [2.75, 3.05) is 11.9 Å². The van der Waals surface area contributed by atoms with E-state index in [1.165, 1.54) is 22.7 Å². The lowest BCUT2D eigenvalue weighted by atomic mass is 10.1. The lowest BCUT2D eigenvalue weighted by molar-refractivity contribution is 0.0526. The molecule has 3 heterocycles. The summed E-state index contributed by atoms with van der Waals surface area (Å²) < 4.78 is 11.0. The number of anilines is 1. The van der Waals surface area contributed by atoms with Gasteiger partial charge < -0.3 is 14.5 Å². The number of rotatable bonds is 8. The van der Waals surface area contributed by atoms with Gasteiger partial charge in [0, 0.05) is 17.2 Å². The van der Waals surface area contributed by atoms with Gasteiger partial charge in [0.1, 0.15) is 33.3 Å². The summed E-state index contributed by atoms with van der Waals surface area (Å²) in [5, 5.41) is 15.9. The zero-order valence-electron chi connectivity index (χ0n) is 21.6. The Balaban J connectivity index is 1.42. The van der Waals surface area contributed by atoms with Crippen LogP contribution in [-0.4, -0.2) is 23.5 Å². The second-order valence-corrected chi connectivity index (χ2v) is 10.6. The minimum Gasteiger partial charge on any atom is -0.462 e. The van der Waals surface area contributed by atoms with E-state index >= 15 is 0 Å². The van der Waals surface area contributed by atoms with Crippen molar-refractivity contribution in [3.05, 3.63) is 106 Å². The number of nitrogens with zero attached hydrogens (tertiary/aromatic N) is 2. The van der Waals surface area contributed by atoms with E-state index in [1.54, 1.807) is 61.5 Å². The standard InChI is InChI=1S/C31H23N3O4S2/c1-3-37-31(36)22-12-10-20(11-13-22)25-15-14-24(38-25)17-23(18-32)29-33-27(26-5-4-16-39-26)30(40-29)34-28(35)21-8-6-19(2)7-9-21/h4-17H,3H2,1-2H3,(H,34,35)/b23-17+. The molecule has 5 aromatic rings. The first-order valence-electron chi connectivity index (χ1n) is 12.4. The number of ether oxygens (including phenoxy) is 1. The maximum atomic E-state index is 13.0. The number of carbonyl (C=O) groups is 2. The molecule has 0 spiro atoms. The highest BCUT2D eigenvalue weighted by molar-refractivity contribution is 7.19. The number of amides is 1. The average molecular weight is 566 g/mol. The number of hydrogen-bond acceptors (Lipinski definition) is 8. The van der Waals surface area contributed by atoms with E-state index in [4.69, 9.17) is 14.1 Å². The lowest BCUT2D eigenvalue weighted by Crippen LogP contribution is -2.11. The topological polar surface area (TPSA) is 105 Å². The molecule has 1 amide bonds. The molecule has 0 radical (unpaired) electrons. The molecule has 0 saturated heterocycles. The van der Waals surface area contributed by atoms with Crippen molar-refractivity contribution in [1.82, 2.24) is 4.98 Å². The zero-order chi connectivity index (χ0) is 28.1. The van der Waals surface area contributed by atoms with Gasteiger partial charge in [-0.25, -0.2) is 9.78 Å². The average Bonchev–Trinajstić information content (AvgIpc) is 3.74. The number of nitriles is 1. The highest BCUT2D eigenvalue weighted by Crippen LogP contribution is 2.39. The van der Waals surface area contributed by atoms with E-state index in [-0.39, 0.29) is 11.9 Å². The Hall–Kier alpha value is -4.78. The van der Waals surface area contributed by atoms with Crippen LogP contribution in [0.15, 0.2) is 82.6 Å². The number of furan rings is 1. The Bertz CT molecular complexity index is 1720. The fourth-order valence-corrected chi connectivity index (χ4v) is 5.56. The second kappa shape index (κ2) is 11.9. The number of carbonyl (C=O) groups excluding carboxylic acids is 2. The van der Waals surface area contributed by atoms with Crippen molar-refractivity contribution >= 4 is 51.2 Å². The smallest absolute Gasteiger partial charge is 0.338 e. The SMILES string of the molecule is CCOC(=O)c1ccc(-c2ccc(/C=C(\C#N)c3nc(-c4cccs4)c(NC(=O)c4ccc(C)cc4)s3)o2)cc1. The number of thiazole rings is 1. The van der Waals surface area contributed by atoms with Crippen LogP contribution in [0.2, 0.25) is 0 Å². The highest BCUT2D eigenvalue weighted by atomic mass is 32.1. The Morgan fingerprint density at radius 3 is 2.48 bits per heavy atom. The molecule has 3 aromatic heterocycles. The van der Waals surface area contributed by atoms with Crippen molar-refractivity contribution < 1.29 is 18.7 Å². The van der Waals surface area contributed by atoms with Crippen LogP contribution >= 0.6 is 22.7 Å². The molecular formula is C31H23N3O4S2. The van der Waals surface area contributed by atoms with Crippen LogP contribution in [0.4, 0.5) is 5.00 Å². The molecule has 7 nitrogen and oxygen atoms in total. The second-order valence-electron chi connectivity index (χ2n) is 8.66. The number of aryl methyl sites for hydroxylation is 1. The summed E-state index contributed by atoms with van der Waals surface area (Å²) in [5.74, 6) is 0.429. The molecule has 0 bridgehead atoms. The van der Waals surface area contributed by atoms with Crippen molar-refractivity contribution in [1.29, 1.82) is 5.26 Å². The van der Waals surface area contributed by atoms with Gasteiger partial charge in [-0.3, -0.25) is 4.79 Å². The first kappa shape index (κ1) is 26.8. The van der Waals surface area contributed by atoms with Gasteiger partial charge in [0.25, 0.3) is 5.91 Å². The third-order valence-corrected chi connectivity index (χ3v) is 7.75. The predicted molar refractivity (Wildman–Crippen MR) is 158 cm³/mol. The number of nitrogens with one attached hydrogen (secondary N) is 1. The van der Waals surface area contributed by atoms with Crippen LogP contribution in [0.1, 0.15) is 44.0 Å². The van der Waals surface area contributed by atoms with Crippen LogP contribution in [0.5, 0.6) is 0 Å². The molecule has 0 aliphatic rings. The van der Waals surface area contributed by atoms with Gasteiger partial charge in [-0.15, -0.1) is 11.3 Å². The molecule has 0 unspecified atom stereocenters. The fraction of sp³-hybridized carbons (Fsp3) is 0.0968. The summed E-state index contributed by atoms with van der Waals surface area (Å²) in [6.07, 6.45) is 1.62. The zero-order valence-corrected chi connectivity index (χ0v) is 23.3. The predicted octanol–water partition coefficient (Wildman–Crippen LogP) is 7.93. The maximum Gasteiger partial charge on any atom is 0.338 e. The van der Waals surface area contributed by atoms with Gasteiger partial charge in [0.05, 0.1) is 22.6 Å². The third kappa shape index (κ3) is 5.94. The number of esters is 1. The first-order chi connectivity index (χ1) is 19.4. The summed E-state index contributed by atoms with van der Waals surface area (Å²) >= 11 is 2.74. The number of benzene rings is 2. The summed E-state index contributed by atoms with van der Waals surface area (Å²) in [7, 11) is 0. The lowest BCUT2D eigenvalue weighted by Gasteiger charge is -2.04. The van der Waals surface area contributed by atoms with Crippen LogP contribution in [0.25, 0.3) is 33.5 Å². The number of allylic oxidation sites excluding steroid dienone is 1. The monoisotopic (exact) mass is 565 g/mol. The Kier molecular flexibility index (Phi) is 8.01. The highest BCUT2D eigenvalue weighted by Gasteiger charge is 2.20. The number of hydrogen-bond donors (Lipinski definition) is 1. The minimum atomic E-state index is -0.379. The molecule has 0 atom stereocenters. The molecule has 9 heteroatoms. The molecule has 0 saturated carbocycles. The molecule has 0 aliphatic carbocycles. The quantitative estimate of drug-likeness (QED) is 0.151. The van der Waals surface area contributed by atoms with E-state index in [0.29, 0.717) is 50.5 Å². The van der Waals surface area contributed by atoms with Crippen molar-refractivity contribution in [2.45, 2.75) is 13.8 Å². The van der Waals surface area contributed by atoms with Crippen LogP contribution in [0.3, 0.4) is 0 Å². The van der Waals surface area contributed by atoms with Gasteiger partial charge in [0.2, 0.25) is 0 Å². The van der Waals surface area contributed by atoms with Gasteiger partial charge >= 0.3 is 5.97 Å². The van der Waals surface area contributed by atoms with Crippen LogP contribution < -0.4 is 5.32 Å². The third-order valence-electron chi connectivity index (χ3n) is 5.87. The summed E-state index contributed by atoms with van der Waals surface area (Å²) in [6, 6.07) is 23.8. The van der Waals surface area contributed by atoms with Crippen molar-refractivity contribution in [3.8, 4) is 28.0 Å². The van der Waals surface area contributed by atoms with E-state index in [9.17, 15) is 14.9 Å². The molecule has 198 valence electrons. The van der Waals surface area contributed by atoms with Gasteiger partial charge in [0.15, 0.2) is 0 Å². The van der Waals surface area contributed by atoms with Crippen LogP contribution in [-0.2, 0) is 4.74 Å². The molecule has 2 aromatic carbocycles. The summed E-state index contributed by atoms with van der Waals surface area (Å²) in [4.78, 5) is 30.5. The van der Waals surface area contributed by atoms with Crippen LogP contribution in [0, 0.1) is 18.3 Å². The molecule has 1 N–H and O–H groups in total. The largest absolute Gasteiger partial charge is 0.462 e. The summed E-state index contributed by atoms with van der Waals surface area (Å²) in [6.45, 7) is 4.03. The molecule has 5 rings (SSSR count). The fourth-order valence-electron chi connectivity index (χ4n) is 3.84. The first-order valence-corrected chi connectivity index (χ1v) is 14.1. The molecule has 0 fully saturated rings. The normalized spacial score (nSPS) is 11.2. The molecule has 40 heavy (non-hydrogen) atoms. The Labute approximate surface area is 239 Å².